The van der Waals surface area contributed by atoms with Crippen molar-refractivity contribution < 1.29 is 9.90 Å². The molecule has 5 heteroatoms. The molecule has 0 saturated carbocycles. The number of halogens is 1. The van der Waals surface area contributed by atoms with Crippen LogP contribution in [0.3, 0.4) is 0 Å². The van der Waals surface area contributed by atoms with Gasteiger partial charge in [-0.3, -0.25) is 4.57 Å². The monoisotopic (exact) mass is 300 g/mol. The number of fused-ring (bicyclic) bond motifs is 1. The molecule has 0 saturated heterocycles. The predicted octanol–water partition coefficient (Wildman–Crippen LogP) is 3.99. The molecule has 3 rings (SSSR count). The number of aromatic carboxylic acids is 1. The molecule has 0 bridgehead atoms. The third kappa shape index (κ3) is 2.28. The molecular weight excluding hydrogens is 288 g/mol. The van der Waals surface area contributed by atoms with E-state index >= 15 is 0 Å². The third-order valence-corrected chi connectivity index (χ3v) is 3.72. The highest BCUT2D eigenvalue weighted by Gasteiger charge is 2.14. The van der Waals surface area contributed by atoms with Crippen LogP contribution in [-0.2, 0) is 0 Å². The largest absolute Gasteiger partial charge is 0.478 e. The second kappa shape index (κ2) is 4.90. The zero-order chi connectivity index (χ0) is 15.1. The van der Waals surface area contributed by atoms with E-state index in [9.17, 15) is 4.79 Å². The van der Waals surface area contributed by atoms with Gasteiger partial charge in [-0.1, -0.05) is 17.7 Å². The minimum absolute atomic E-state index is 0.224. The third-order valence-electron chi connectivity index (χ3n) is 3.41. The van der Waals surface area contributed by atoms with E-state index in [2.05, 4.69) is 4.98 Å². The molecule has 1 aromatic heterocycles. The van der Waals surface area contributed by atoms with E-state index in [0.29, 0.717) is 10.5 Å². The zero-order valence-electron chi connectivity index (χ0n) is 11.6. The van der Waals surface area contributed by atoms with E-state index in [1.54, 1.807) is 18.2 Å². The molecule has 0 spiro atoms. The van der Waals surface area contributed by atoms with Gasteiger partial charge in [0, 0.05) is 0 Å². The van der Waals surface area contributed by atoms with Crippen LogP contribution in [0.25, 0.3) is 16.7 Å². The van der Waals surface area contributed by atoms with Gasteiger partial charge in [0.25, 0.3) is 0 Å². The molecule has 0 radical (unpaired) electrons. The van der Waals surface area contributed by atoms with Crippen molar-refractivity contribution in [1.82, 2.24) is 9.55 Å². The molecule has 3 aromatic rings. The average molecular weight is 301 g/mol. The molecule has 0 fully saturated rings. The van der Waals surface area contributed by atoms with Gasteiger partial charge in [0.05, 0.1) is 27.3 Å². The molecule has 0 aliphatic carbocycles. The predicted molar refractivity (Wildman–Crippen MR) is 82.5 cm³/mol. The summed E-state index contributed by atoms with van der Waals surface area (Å²) in [7, 11) is 0. The van der Waals surface area contributed by atoms with Gasteiger partial charge in [-0.15, -0.1) is 0 Å². The van der Waals surface area contributed by atoms with Gasteiger partial charge in [-0.25, -0.2) is 9.78 Å². The fourth-order valence-corrected chi connectivity index (χ4v) is 2.75. The number of carboxylic acids is 1. The Labute approximate surface area is 126 Å². The van der Waals surface area contributed by atoms with Gasteiger partial charge < -0.3 is 5.11 Å². The van der Waals surface area contributed by atoms with E-state index < -0.39 is 5.97 Å². The van der Waals surface area contributed by atoms with Crippen molar-refractivity contribution in [2.75, 3.05) is 0 Å². The van der Waals surface area contributed by atoms with Crippen LogP contribution >= 0.6 is 11.6 Å². The van der Waals surface area contributed by atoms with E-state index in [4.69, 9.17) is 16.7 Å². The van der Waals surface area contributed by atoms with Gasteiger partial charge in [0.2, 0.25) is 0 Å². The number of carboxylic acid groups (broad SMARTS) is 1. The molecule has 0 aliphatic rings. The lowest BCUT2D eigenvalue weighted by Crippen LogP contribution is -1.99. The lowest BCUT2D eigenvalue weighted by atomic mass is 10.2. The van der Waals surface area contributed by atoms with Crippen LogP contribution in [-0.4, -0.2) is 20.6 Å². The van der Waals surface area contributed by atoms with Crippen LogP contribution in [0, 0.1) is 13.8 Å². The number of aryl methyl sites for hydroxylation is 2. The summed E-state index contributed by atoms with van der Waals surface area (Å²) < 4.78 is 1.93. The van der Waals surface area contributed by atoms with Gasteiger partial charge in [-0.05, 0) is 49.7 Å². The Bertz CT molecular complexity index is 868. The Hall–Kier alpha value is -2.33. The second-order valence-corrected chi connectivity index (χ2v) is 5.37. The van der Waals surface area contributed by atoms with Gasteiger partial charge in [0.1, 0.15) is 5.82 Å². The lowest BCUT2D eigenvalue weighted by molar-refractivity contribution is 0.0697. The summed E-state index contributed by atoms with van der Waals surface area (Å²) in [5.41, 5.74) is 3.62. The molecular formula is C16H13ClN2O2. The standard InChI is InChI=1S/C16H13ClN2O2/c1-9-3-5-14(12(17)7-9)19-10(2)18-13-8-11(16(20)21)4-6-15(13)19/h3-8H,1-2H3,(H,20,21). The number of imidazole rings is 1. The summed E-state index contributed by atoms with van der Waals surface area (Å²) in [4.78, 5) is 15.5. The molecule has 0 aliphatic heterocycles. The Morgan fingerprint density at radius 2 is 1.95 bits per heavy atom. The molecule has 106 valence electrons. The molecule has 2 aromatic carbocycles. The highest BCUT2D eigenvalue weighted by molar-refractivity contribution is 6.32. The van der Waals surface area contributed by atoms with Crippen molar-refractivity contribution in [3.63, 3.8) is 0 Å². The van der Waals surface area contributed by atoms with E-state index in [1.807, 2.05) is 36.6 Å². The summed E-state index contributed by atoms with van der Waals surface area (Å²) in [6.07, 6.45) is 0. The number of benzene rings is 2. The van der Waals surface area contributed by atoms with Crippen molar-refractivity contribution >= 4 is 28.6 Å². The van der Waals surface area contributed by atoms with Crippen LogP contribution in [0.4, 0.5) is 0 Å². The van der Waals surface area contributed by atoms with Crippen LogP contribution in [0.2, 0.25) is 5.02 Å². The highest BCUT2D eigenvalue weighted by atomic mass is 35.5. The number of nitrogens with zero attached hydrogens (tertiary/aromatic N) is 2. The second-order valence-electron chi connectivity index (χ2n) is 4.96. The quantitative estimate of drug-likeness (QED) is 0.778. The first-order valence-electron chi connectivity index (χ1n) is 6.46. The van der Waals surface area contributed by atoms with Crippen LogP contribution in [0.5, 0.6) is 0 Å². The number of hydrogen-bond donors (Lipinski definition) is 1. The molecule has 0 unspecified atom stereocenters. The fourth-order valence-electron chi connectivity index (χ4n) is 2.43. The maximum Gasteiger partial charge on any atom is 0.335 e. The summed E-state index contributed by atoms with van der Waals surface area (Å²) >= 11 is 6.33. The fraction of sp³-hybridized carbons (Fsp3) is 0.125. The van der Waals surface area contributed by atoms with Crippen LogP contribution in [0.15, 0.2) is 36.4 Å². The van der Waals surface area contributed by atoms with Crippen molar-refractivity contribution in [3.05, 3.63) is 58.4 Å². The molecule has 21 heavy (non-hydrogen) atoms. The first-order valence-corrected chi connectivity index (χ1v) is 6.84. The van der Waals surface area contributed by atoms with Crippen molar-refractivity contribution in [3.8, 4) is 5.69 Å². The first kappa shape index (κ1) is 13.6. The smallest absolute Gasteiger partial charge is 0.335 e. The van der Waals surface area contributed by atoms with E-state index in [-0.39, 0.29) is 5.56 Å². The Balaban J connectivity index is 2.27. The number of aromatic nitrogens is 2. The summed E-state index contributed by atoms with van der Waals surface area (Å²) in [6.45, 7) is 3.85. The Kier molecular flexibility index (Phi) is 3.18. The van der Waals surface area contributed by atoms with E-state index in [1.165, 1.54) is 0 Å². The van der Waals surface area contributed by atoms with E-state index in [0.717, 1.165) is 22.6 Å². The summed E-state index contributed by atoms with van der Waals surface area (Å²) in [6, 6.07) is 10.7. The maximum absolute atomic E-state index is 11.0. The molecule has 1 heterocycles. The average Bonchev–Trinajstić information content (AvgIpc) is 2.74. The SMILES string of the molecule is Cc1ccc(-n2c(C)nc3cc(C(=O)O)ccc32)c(Cl)c1. The first-order chi connectivity index (χ1) is 9.97. The maximum atomic E-state index is 11.0. The summed E-state index contributed by atoms with van der Waals surface area (Å²) in [5.74, 6) is -0.198. The minimum Gasteiger partial charge on any atom is -0.478 e. The summed E-state index contributed by atoms with van der Waals surface area (Å²) in [5, 5.41) is 9.69. The zero-order valence-corrected chi connectivity index (χ0v) is 12.3. The minimum atomic E-state index is -0.961. The number of rotatable bonds is 2. The van der Waals surface area contributed by atoms with Crippen LogP contribution < -0.4 is 0 Å². The topological polar surface area (TPSA) is 55.1 Å². The number of carbonyl (C=O) groups is 1. The van der Waals surface area contributed by atoms with Gasteiger partial charge in [-0.2, -0.15) is 0 Å². The van der Waals surface area contributed by atoms with Gasteiger partial charge in [0.15, 0.2) is 0 Å². The van der Waals surface area contributed by atoms with Crippen molar-refractivity contribution in [2.24, 2.45) is 0 Å². The molecule has 1 N–H and O–H groups in total. The lowest BCUT2D eigenvalue weighted by Gasteiger charge is -2.10. The van der Waals surface area contributed by atoms with Gasteiger partial charge >= 0.3 is 5.97 Å². The normalized spacial score (nSPS) is 11.0. The van der Waals surface area contributed by atoms with Crippen molar-refractivity contribution in [2.45, 2.75) is 13.8 Å². The Morgan fingerprint density at radius 1 is 1.19 bits per heavy atom. The molecule has 0 atom stereocenters. The number of hydrogen-bond acceptors (Lipinski definition) is 2. The molecule has 0 amide bonds. The Morgan fingerprint density at radius 3 is 2.62 bits per heavy atom. The highest BCUT2D eigenvalue weighted by Crippen LogP contribution is 2.28. The van der Waals surface area contributed by atoms with Crippen molar-refractivity contribution in [1.29, 1.82) is 0 Å². The molecule has 4 nitrogen and oxygen atoms in total. The van der Waals surface area contributed by atoms with Crippen LogP contribution in [0.1, 0.15) is 21.7 Å².